The molecule has 0 spiro atoms. The van der Waals surface area contributed by atoms with Gasteiger partial charge in [0.05, 0.1) is 33.4 Å². The molecular formula is C47H53N9O6S. The number of hydrogen-bond donors (Lipinski definition) is 4. The van der Waals surface area contributed by atoms with Gasteiger partial charge in [-0.05, 0) is 74.9 Å². The number of benzene rings is 2. The van der Waals surface area contributed by atoms with Gasteiger partial charge in [0.25, 0.3) is 0 Å². The van der Waals surface area contributed by atoms with Gasteiger partial charge in [-0.25, -0.2) is 4.98 Å². The van der Waals surface area contributed by atoms with Gasteiger partial charge in [-0.1, -0.05) is 55.4 Å². The first-order chi connectivity index (χ1) is 30.2. The third kappa shape index (κ3) is 8.29. The Hall–Kier alpha value is -6.13. The number of phenolic OH excluding ortho intramolecular Hbond substituents is 1. The lowest BCUT2D eigenvalue weighted by Gasteiger charge is -2.42. The van der Waals surface area contributed by atoms with Crippen molar-refractivity contribution in [2.45, 2.75) is 83.4 Å². The van der Waals surface area contributed by atoms with Gasteiger partial charge in [0.2, 0.25) is 17.7 Å². The number of phenols is 1. The number of hydrogen-bond acceptors (Lipinski definition) is 12. The summed E-state index contributed by atoms with van der Waals surface area (Å²) in [5.41, 5.74) is 6.92. The zero-order valence-corrected chi connectivity index (χ0v) is 36.9. The predicted molar refractivity (Wildman–Crippen MR) is 239 cm³/mol. The summed E-state index contributed by atoms with van der Waals surface area (Å²) in [6.45, 7) is 12.2. The summed E-state index contributed by atoms with van der Waals surface area (Å²) in [6.07, 6.45) is 0.630. The minimum atomic E-state index is -0.853. The maximum Gasteiger partial charge on any atom is 0.243 e. The van der Waals surface area contributed by atoms with Crippen molar-refractivity contribution in [3.63, 3.8) is 0 Å². The molecule has 0 bridgehead atoms. The number of carbonyl (C=O) groups is 3. The number of aliphatic hydroxyl groups is 1. The van der Waals surface area contributed by atoms with Crippen molar-refractivity contribution >= 4 is 45.9 Å². The van der Waals surface area contributed by atoms with Crippen LogP contribution in [0.25, 0.3) is 32.7 Å². The van der Waals surface area contributed by atoms with Crippen LogP contribution in [-0.4, -0.2) is 108 Å². The van der Waals surface area contributed by atoms with Crippen LogP contribution >= 0.6 is 11.3 Å². The highest BCUT2D eigenvalue weighted by Gasteiger charge is 2.45. The number of nitrogens with zero attached hydrogens (tertiary/aromatic N) is 7. The molecule has 15 nitrogen and oxygen atoms in total. The highest BCUT2D eigenvalue weighted by Crippen LogP contribution is 2.37. The van der Waals surface area contributed by atoms with Crippen molar-refractivity contribution in [3.05, 3.63) is 95.0 Å². The molecule has 3 aliphatic heterocycles. The van der Waals surface area contributed by atoms with Crippen LogP contribution in [0.2, 0.25) is 0 Å². The fourth-order valence-corrected chi connectivity index (χ4v) is 10.2. The van der Waals surface area contributed by atoms with E-state index in [1.54, 1.807) is 23.5 Å². The van der Waals surface area contributed by atoms with E-state index in [1.807, 2.05) is 93.6 Å². The number of carbonyl (C=O) groups excluding carboxylic acids is 3. The Morgan fingerprint density at radius 3 is 2.43 bits per heavy atom. The molecule has 4 N–H and O–H groups in total. The van der Waals surface area contributed by atoms with Crippen molar-refractivity contribution in [1.29, 1.82) is 0 Å². The largest absolute Gasteiger partial charge is 0.507 e. The average molecular weight is 872 g/mol. The molecule has 16 heteroatoms. The SMILES string of the molecule is Cc1ncsc1-c1ccc(C(C)(C)NC(=O)[C@@H]2C[C@@H](O)CN2C(=O)[C@H](c2cc(N3CCC(C(=O)N4CC(c5cc6cc(-c7ccccc7O)nnc6[nH]5)C4)CC3)no2)C(C)C)cc1. The summed E-state index contributed by atoms with van der Waals surface area (Å²) in [5, 5.41) is 38.2. The summed E-state index contributed by atoms with van der Waals surface area (Å²) >= 11 is 1.59. The molecule has 4 aromatic heterocycles. The first-order valence-corrected chi connectivity index (χ1v) is 22.6. The number of β-amino-alcohol motifs (C(OH)–C–C–N with tert-alkyl or cyclic N) is 1. The topological polar surface area (TPSA) is 194 Å². The number of aromatic amines is 1. The molecular weight excluding hydrogens is 819 g/mol. The van der Waals surface area contributed by atoms with Gasteiger partial charge in [0.15, 0.2) is 17.2 Å². The Labute approximate surface area is 369 Å². The van der Waals surface area contributed by atoms with E-state index in [2.05, 4.69) is 41.6 Å². The molecule has 3 aliphatic rings. The molecule has 63 heavy (non-hydrogen) atoms. The van der Waals surface area contributed by atoms with Crippen molar-refractivity contribution < 1.29 is 29.1 Å². The molecule has 3 atom stereocenters. The number of aryl methyl sites for hydroxylation is 1. The van der Waals surface area contributed by atoms with Gasteiger partial charge in [-0.3, -0.25) is 14.4 Å². The molecule has 3 fully saturated rings. The van der Waals surface area contributed by atoms with E-state index in [0.29, 0.717) is 67.5 Å². The summed E-state index contributed by atoms with van der Waals surface area (Å²) in [7, 11) is 0. The van der Waals surface area contributed by atoms with Crippen molar-refractivity contribution in [1.82, 2.24) is 40.4 Å². The lowest BCUT2D eigenvalue weighted by atomic mass is 9.90. The van der Waals surface area contributed by atoms with Crippen LogP contribution in [0.5, 0.6) is 5.75 Å². The van der Waals surface area contributed by atoms with E-state index in [-0.39, 0.29) is 54.2 Å². The van der Waals surface area contributed by atoms with Crippen LogP contribution in [0.15, 0.2) is 76.8 Å². The molecule has 2 aromatic carbocycles. The highest BCUT2D eigenvalue weighted by molar-refractivity contribution is 7.13. The second-order valence-corrected chi connectivity index (χ2v) is 19.0. The zero-order valence-electron chi connectivity index (χ0n) is 36.1. The number of likely N-dealkylation sites (tertiary alicyclic amines) is 2. The second kappa shape index (κ2) is 16.9. The van der Waals surface area contributed by atoms with Crippen molar-refractivity contribution in [2.24, 2.45) is 11.8 Å². The van der Waals surface area contributed by atoms with Crippen molar-refractivity contribution in [3.8, 4) is 27.4 Å². The zero-order chi connectivity index (χ0) is 44.2. The minimum Gasteiger partial charge on any atom is -0.507 e. The van der Waals surface area contributed by atoms with Crippen LogP contribution in [-0.2, 0) is 19.9 Å². The number of aliphatic hydroxyl groups excluding tert-OH is 1. The second-order valence-electron chi connectivity index (χ2n) is 18.1. The van der Waals surface area contributed by atoms with E-state index in [4.69, 9.17) is 4.52 Å². The lowest BCUT2D eigenvalue weighted by molar-refractivity contribution is -0.141. The maximum absolute atomic E-state index is 14.4. The smallest absolute Gasteiger partial charge is 0.243 e. The van der Waals surface area contributed by atoms with Gasteiger partial charge >= 0.3 is 0 Å². The van der Waals surface area contributed by atoms with Gasteiger partial charge in [0, 0.05) is 73.7 Å². The molecule has 0 radical (unpaired) electrons. The molecule has 7 heterocycles. The van der Waals surface area contributed by atoms with Crippen LogP contribution in [0.3, 0.4) is 0 Å². The third-order valence-corrected chi connectivity index (χ3v) is 14.0. The summed E-state index contributed by atoms with van der Waals surface area (Å²) in [6, 6.07) is 20.0. The molecule has 6 aromatic rings. The first-order valence-electron chi connectivity index (χ1n) is 21.7. The Balaban J connectivity index is 0.793. The van der Waals surface area contributed by atoms with Crippen LogP contribution in [0, 0.1) is 18.8 Å². The van der Waals surface area contributed by atoms with Crippen LogP contribution in [0.4, 0.5) is 5.82 Å². The van der Waals surface area contributed by atoms with Gasteiger partial charge in [-0.15, -0.1) is 21.5 Å². The predicted octanol–water partition coefficient (Wildman–Crippen LogP) is 6.35. The standard InChI is InChI=1S/C47H53N9O6S/c1-26(2)41(46(61)56-24-33(57)20-37(56)44(59)50-47(4,5)32-12-10-28(11-13-32)42-27(3)48-25-63-42)39-21-40(53-62-39)54-16-14-29(15-17-54)45(60)55-22-31(23-55)35-18-30-19-36(51-52-43(30)49-35)34-8-6-7-9-38(34)58/h6-13,18-19,21,25-26,29,31,33,37,41,57-58H,14-17,20,22-24H2,1-5H3,(H,49,52)(H,50,59)/t33-,37+,41+/m1/s1. The number of fused-ring (bicyclic) bond motifs is 1. The van der Waals surface area contributed by atoms with Gasteiger partial charge < -0.3 is 39.7 Å². The molecule has 0 unspecified atom stereocenters. The average Bonchev–Trinajstić information content (AvgIpc) is 4.07. The quantitative estimate of drug-likeness (QED) is 0.113. The minimum absolute atomic E-state index is 0.0436. The number of nitrogens with one attached hydrogen (secondary N) is 2. The number of rotatable bonds is 11. The normalized spacial score (nSPS) is 19.2. The van der Waals surface area contributed by atoms with E-state index < -0.39 is 23.6 Å². The number of H-pyrrole nitrogens is 1. The molecule has 0 aliphatic carbocycles. The van der Waals surface area contributed by atoms with Crippen LogP contribution < -0.4 is 10.2 Å². The highest BCUT2D eigenvalue weighted by atomic mass is 32.1. The fraction of sp³-hybridized carbons (Fsp3) is 0.426. The summed E-state index contributed by atoms with van der Waals surface area (Å²) in [5.74, 6) is -0.122. The number of aromatic nitrogens is 5. The van der Waals surface area contributed by atoms with E-state index >= 15 is 0 Å². The van der Waals surface area contributed by atoms with Gasteiger partial charge in [-0.2, -0.15) is 0 Å². The van der Waals surface area contributed by atoms with E-state index in [9.17, 15) is 24.6 Å². The Morgan fingerprint density at radius 1 is 0.984 bits per heavy atom. The Morgan fingerprint density at radius 2 is 1.73 bits per heavy atom. The number of para-hydroxylation sites is 1. The maximum atomic E-state index is 14.4. The van der Waals surface area contributed by atoms with Gasteiger partial charge in [0.1, 0.15) is 17.7 Å². The summed E-state index contributed by atoms with van der Waals surface area (Å²) in [4.78, 5) is 56.3. The molecule has 0 saturated carbocycles. The van der Waals surface area contributed by atoms with Crippen molar-refractivity contribution in [2.75, 3.05) is 37.6 Å². The van der Waals surface area contributed by atoms with Crippen LogP contribution in [0.1, 0.15) is 81.5 Å². The summed E-state index contributed by atoms with van der Waals surface area (Å²) < 4.78 is 5.87. The third-order valence-electron chi connectivity index (χ3n) is 13.0. The number of thiazole rings is 1. The Kier molecular flexibility index (Phi) is 11.3. The first kappa shape index (κ1) is 42.2. The monoisotopic (exact) mass is 871 g/mol. The number of aromatic hydroxyl groups is 1. The lowest BCUT2D eigenvalue weighted by Crippen LogP contribution is -2.52. The molecule has 3 amide bonds. The number of amides is 3. The molecule has 328 valence electrons. The molecule has 9 rings (SSSR count). The number of piperidine rings is 1. The Bertz CT molecular complexity index is 2640. The van der Waals surface area contributed by atoms with E-state index in [0.717, 1.165) is 32.8 Å². The molecule has 3 saturated heterocycles. The fourth-order valence-electron chi connectivity index (χ4n) is 9.34. The number of anilines is 1. The van der Waals surface area contributed by atoms with E-state index in [1.165, 1.54) is 4.90 Å².